The van der Waals surface area contributed by atoms with Gasteiger partial charge < -0.3 is 0 Å². The maximum absolute atomic E-state index is 13.1. The summed E-state index contributed by atoms with van der Waals surface area (Å²) < 4.78 is 13.1. The molecule has 0 aliphatic heterocycles. The Morgan fingerprint density at radius 2 is 1.94 bits per heavy atom. The van der Waals surface area contributed by atoms with Crippen LogP contribution in [-0.4, -0.2) is 0 Å². The first-order chi connectivity index (χ1) is 7.69. The highest BCUT2D eigenvalue weighted by Crippen LogP contribution is 2.29. The number of benzene rings is 1. The Labute approximate surface area is 103 Å². The Balaban J connectivity index is 2.78. The molecule has 2 heteroatoms. The zero-order chi connectivity index (χ0) is 12.0. The summed E-state index contributed by atoms with van der Waals surface area (Å²) in [7, 11) is 0. The molecule has 0 saturated carbocycles. The fourth-order valence-corrected chi connectivity index (χ4v) is 2.23. The van der Waals surface area contributed by atoms with Gasteiger partial charge in [-0.15, -0.1) is 0 Å². The van der Waals surface area contributed by atoms with Crippen molar-refractivity contribution in [1.29, 1.82) is 0 Å². The summed E-state index contributed by atoms with van der Waals surface area (Å²) >= 11 is 5.82. The van der Waals surface area contributed by atoms with Gasteiger partial charge in [0, 0.05) is 0 Å². The summed E-state index contributed by atoms with van der Waals surface area (Å²) in [5.41, 5.74) is 1.18. The second-order valence-electron chi connectivity index (χ2n) is 4.30. The second kappa shape index (κ2) is 6.90. The average Bonchev–Trinajstić information content (AvgIpc) is 2.28. The highest BCUT2D eigenvalue weighted by Gasteiger charge is 2.11. The van der Waals surface area contributed by atoms with Crippen LogP contribution in [0.1, 0.15) is 57.4 Å². The van der Waals surface area contributed by atoms with Crippen molar-refractivity contribution >= 4 is 11.6 Å². The van der Waals surface area contributed by atoms with E-state index in [1.54, 1.807) is 6.07 Å². The lowest BCUT2D eigenvalue weighted by Gasteiger charge is -2.16. The molecule has 90 valence electrons. The molecule has 0 radical (unpaired) electrons. The maximum Gasteiger partial charge on any atom is 0.141 e. The molecule has 0 saturated heterocycles. The Morgan fingerprint density at radius 3 is 2.50 bits per heavy atom. The van der Waals surface area contributed by atoms with Crippen molar-refractivity contribution in [3.63, 3.8) is 0 Å². The molecule has 0 fully saturated rings. The number of halogens is 2. The molecule has 0 aliphatic rings. The van der Waals surface area contributed by atoms with E-state index in [4.69, 9.17) is 11.6 Å². The summed E-state index contributed by atoms with van der Waals surface area (Å²) in [5.74, 6) is 0.208. The predicted molar refractivity (Wildman–Crippen MR) is 68.6 cm³/mol. The molecule has 0 N–H and O–H groups in total. The van der Waals surface area contributed by atoms with Crippen molar-refractivity contribution < 1.29 is 4.39 Å². The summed E-state index contributed by atoms with van der Waals surface area (Å²) in [4.78, 5) is 0. The normalized spacial score (nSPS) is 12.8. The molecule has 0 nitrogen and oxygen atoms in total. The van der Waals surface area contributed by atoms with Gasteiger partial charge in [-0.25, -0.2) is 4.39 Å². The fourth-order valence-electron chi connectivity index (χ4n) is 2.04. The van der Waals surface area contributed by atoms with Crippen molar-refractivity contribution in [2.45, 2.75) is 51.9 Å². The van der Waals surface area contributed by atoms with Gasteiger partial charge in [0.15, 0.2) is 0 Å². The largest absolute Gasteiger partial charge is 0.205 e. The van der Waals surface area contributed by atoms with Crippen LogP contribution in [-0.2, 0) is 0 Å². The first kappa shape index (κ1) is 13.5. The van der Waals surface area contributed by atoms with Gasteiger partial charge in [-0.2, -0.15) is 0 Å². The van der Waals surface area contributed by atoms with Crippen molar-refractivity contribution in [3.05, 3.63) is 34.6 Å². The van der Waals surface area contributed by atoms with Crippen LogP contribution in [0.15, 0.2) is 18.2 Å². The minimum atomic E-state index is -0.323. The van der Waals surface area contributed by atoms with Crippen LogP contribution in [0.5, 0.6) is 0 Å². The van der Waals surface area contributed by atoms with E-state index in [1.165, 1.54) is 30.9 Å². The maximum atomic E-state index is 13.1. The number of rotatable bonds is 6. The van der Waals surface area contributed by atoms with E-state index in [1.807, 2.05) is 6.07 Å². The molecule has 1 atom stereocenters. The van der Waals surface area contributed by atoms with Gasteiger partial charge in [-0.1, -0.05) is 50.8 Å². The molecule has 0 aromatic heterocycles. The van der Waals surface area contributed by atoms with Gasteiger partial charge in [0.1, 0.15) is 5.82 Å². The molecular weight excluding hydrogens is 223 g/mol. The first-order valence-corrected chi connectivity index (χ1v) is 6.51. The summed E-state index contributed by atoms with van der Waals surface area (Å²) in [6, 6.07) is 5.14. The smallest absolute Gasteiger partial charge is 0.141 e. The van der Waals surface area contributed by atoms with E-state index < -0.39 is 0 Å². The zero-order valence-electron chi connectivity index (χ0n) is 10.1. The Morgan fingerprint density at radius 1 is 1.19 bits per heavy atom. The molecule has 1 aromatic rings. The van der Waals surface area contributed by atoms with Gasteiger partial charge in [-0.3, -0.25) is 0 Å². The molecule has 1 aromatic carbocycles. The third-order valence-corrected chi connectivity index (χ3v) is 3.25. The third-order valence-electron chi connectivity index (χ3n) is 2.96. The Bertz CT molecular complexity index is 323. The predicted octanol–water partition coefficient (Wildman–Crippen LogP) is 5.55. The van der Waals surface area contributed by atoms with Crippen LogP contribution < -0.4 is 0 Å². The lowest BCUT2D eigenvalue weighted by atomic mass is 9.90. The van der Waals surface area contributed by atoms with E-state index in [0.29, 0.717) is 5.92 Å². The minimum Gasteiger partial charge on any atom is -0.205 e. The summed E-state index contributed by atoms with van der Waals surface area (Å²) in [6.07, 6.45) is 5.91. The van der Waals surface area contributed by atoms with E-state index in [9.17, 15) is 4.39 Å². The number of unbranched alkanes of at least 4 members (excludes halogenated alkanes) is 1. The van der Waals surface area contributed by atoms with E-state index >= 15 is 0 Å². The first-order valence-electron chi connectivity index (χ1n) is 6.14. The highest BCUT2D eigenvalue weighted by molar-refractivity contribution is 6.30. The fraction of sp³-hybridized carbons (Fsp3) is 0.571. The Hall–Kier alpha value is -0.560. The van der Waals surface area contributed by atoms with Crippen LogP contribution in [0.2, 0.25) is 5.02 Å². The average molecular weight is 243 g/mol. The van der Waals surface area contributed by atoms with E-state index in [2.05, 4.69) is 13.8 Å². The summed E-state index contributed by atoms with van der Waals surface area (Å²) in [6.45, 7) is 4.38. The standard InChI is InChI=1S/C14H20ClF/c1-3-5-7-11(6-4-2)12-8-9-14(16)13(15)10-12/h8-11H,3-7H2,1-2H3. The lowest BCUT2D eigenvalue weighted by molar-refractivity contribution is 0.539. The molecule has 1 rings (SSSR count). The van der Waals surface area contributed by atoms with Crippen LogP contribution in [0.4, 0.5) is 4.39 Å². The van der Waals surface area contributed by atoms with Gasteiger partial charge >= 0.3 is 0 Å². The molecule has 0 amide bonds. The van der Waals surface area contributed by atoms with Gasteiger partial charge in [-0.05, 0) is 36.5 Å². The van der Waals surface area contributed by atoms with E-state index in [0.717, 1.165) is 12.8 Å². The lowest BCUT2D eigenvalue weighted by Crippen LogP contribution is -1.99. The third kappa shape index (κ3) is 3.79. The molecule has 1 unspecified atom stereocenters. The highest BCUT2D eigenvalue weighted by atomic mass is 35.5. The van der Waals surface area contributed by atoms with Crippen molar-refractivity contribution in [2.24, 2.45) is 0 Å². The van der Waals surface area contributed by atoms with Gasteiger partial charge in [0.25, 0.3) is 0 Å². The van der Waals surface area contributed by atoms with Crippen molar-refractivity contribution in [3.8, 4) is 0 Å². The topological polar surface area (TPSA) is 0 Å². The number of hydrogen-bond donors (Lipinski definition) is 0. The zero-order valence-corrected chi connectivity index (χ0v) is 10.9. The van der Waals surface area contributed by atoms with Gasteiger partial charge in [0.2, 0.25) is 0 Å². The summed E-state index contributed by atoms with van der Waals surface area (Å²) in [5, 5.41) is 0.245. The molecule has 16 heavy (non-hydrogen) atoms. The number of hydrogen-bond acceptors (Lipinski definition) is 0. The SMILES string of the molecule is CCCCC(CCC)c1ccc(F)c(Cl)c1. The van der Waals surface area contributed by atoms with Crippen LogP contribution in [0.3, 0.4) is 0 Å². The molecule has 0 spiro atoms. The quantitative estimate of drug-likeness (QED) is 0.613. The molecule has 0 bridgehead atoms. The minimum absolute atomic E-state index is 0.245. The molecular formula is C14H20ClF. The second-order valence-corrected chi connectivity index (χ2v) is 4.71. The van der Waals surface area contributed by atoms with Crippen LogP contribution in [0.25, 0.3) is 0 Å². The molecule has 0 aliphatic carbocycles. The Kier molecular flexibility index (Phi) is 5.83. The van der Waals surface area contributed by atoms with Crippen LogP contribution in [0, 0.1) is 5.82 Å². The monoisotopic (exact) mass is 242 g/mol. The van der Waals surface area contributed by atoms with Crippen molar-refractivity contribution in [1.82, 2.24) is 0 Å². The van der Waals surface area contributed by atoms with Crippen LogP contribution >= 0.6 is 11.6 Å². The van der Waals surface area contributed by atoms with Gasteiger partial charge in [0.05, 0.1) is 5.02 Å². The molecule has 0 heterocycles. The van der Waals surface area contributed by atoms with Crippen molar-refractivity contribution in [2.75, 3.05) is 0 Å². The van der Waals surface area contributed by atoms with E-state index in [-0.39, 0.29) is 10.8 Å².